The van der Waals surface area contributed by atoms with E-state index in [-0.39, 0.29) is 23.6 Å². The molecule has 0 saturated heterocycles. The molecule has 0 aliphatic rings. The average molecular weight is 535 g/mol. The normalized spacial score (nSPS) is 13.0. The predicted octanol–water partition coefficient (Wildman–Crippen LogP) is 5.00. The Hall–Kier alpha value is -3.53. The minimum absolute atomic E-state index is 0.0935. The maximum absolute atomic E-state index is 13.8. The van der Waals surface area contributed by atoms with Crippen LogP contribution in [0, 0.1) is 0 Å². The summed E-state index contributed by atoms with van der Waals surface area (Å²) in [5.41, 5.74) is 4.02. The molecular formula is C28H28N3O4S2-. The third kappa shape index (κ3) is 7.72. The Morgan fingerprint density at radius 2 is 1.54 bits per heavy atom. The summed E-state index contributed by atoms with van der Waals surface area (Å²) in [6, 6.07) is 25.8. The Bertz CT molecular complexity index is 1410. The molecule has 4 rings (SSSR count). The van der Waals surface area contributed by atoms with Crippen molar-refractivity contribution in [2.75, 3.05) is 4.72 Å². The summed E-state index contributed by atoms with van der Waals surface area (Å²) in [5.74, 6) is -0.477. The van der Waals surface area contributed by atoms with Crippen molar-refractivity contribution in [3.63, 3.8) is 0 Å². The van der Waals surface area contributed by atoms with E-state index in [1.165, 1.54) is 23.5 Å². The van der Waals surface area contributed by atoms with Gasteiger partial charge in [-0.3, -0.25) is 9.52 Å². The van der Waals surface area contributed by atoms with Crippen molar-refractivity contribution in [2.45, 2.75) is 38.1 Å². The van der Waals surface area contributed by atoms with Crippen LogP contribution in [0.25, 0.3) is 0 Å². The second-order valence-corrected chi connectivity index (χ2v) is 10.7. The van der Waals surface area contributed by atoms with Crippen LogP contribution in [-0.2, 0) is 34.4 Å². The van der Waals surface area contributed by atoms with Crippen molar-refractivity contribution in [1.82, 2.24) is 10.3 Å². The Labute approximate surface area is 221 Å². The van der Waals surface area contributed by atoms with Gasteiger partial charge in [-0.2, -0.15) is 0 Å². The lowest BCUT2D eigenvalue weighted by Gasteiger charge is -2.22. The summed E-state index contributed by atoms with van der Waals surface area (Å²) in [7, 11) is -4.60. The number of amides is 1. The Kier molecular flexibility index (Phi) is 8.70. The van der Waals surface area contributed by atoms with Gasteiger partial charge < -0.3 is 9.87 Å². The van der Waals surface area contributed by atoms with E-state index in [1.54, 1.807) is 12.1 Å². The number of thiazole rings is 1. The van der Waals surface area contributed by atoms with Crippen LogP contribution >= 0.6 is 11.3 Å². The summed E-state index contributed by atoms with van der Waals surface area (Å²) in [5, 5.41) is 6.04. The Morgan fingerprint density at radius 3 is 2.14 bits per heavy atom. The number of aromatic nitrogens is 1. The van der Waals surface area contributed by atoms with Gasteiger partial charge in [-0.15, -0.1) is 11.3 Å². The number of anilines is 1. The molecule has 1 heterocycles. The van der Waals surface area contributed by atoms with Gasteiger partial charge in [0.25, 0.3) is 0 Å². The second-order valence-electron chi connectivity index (χ2n) is 8.70. The standard InChI is InChI=1S/C28H29N3O4S2/c1-2-23-19-36-28(29-23)26(18-21-13-15-24(16-14-21)31-37(33,34)35)30-27(32)25(22-11-7-4-8-12-22)17-20-9-5-3-6-10-20/h3-16,19,25-26,31H,2,17-18H2,1H3,(H,30,32)(H,33,34,35)/p-1/t25?,26-/m0/s1. The van der Waals surface area contributed by atoms with E-state index in [9.17, 15) is 17.8 Å². The number of carbonyl (C=O) groups excluding carboxylic acids is 1. The van der Waals surface area contributed by atoms with Gasteiger partial charge in [-0.05, 0) is 48.1 Å². The fraction of sp³-hybridized carbons (Fsp3) is 0.214. The number of hydrogen-bond donors (Lipinski definition) is 2. The smallest absolute Gasteiger partial charge is 0.228 e. The van der Waals surface area contributed by atoms with E-state index >= 15 is 0 Å². The fourth-order valence-corrected chi connectivity index (χ4v) is 5.48. The molecule has 0 bridgehead atoms. The molecule has 7 nitrogen and oxygen atoms in total. The molecule has 0 aliphatic heterocycles. The first-order valence-corrected chi connectivity index (χ1v) is 14.3. The zero-order chi connectivity index (χ0) is 26.3. The first-order chi connectivity index (χ1) is 17.8. The van der Waals surface area contributed by atoms with Gasteiger partial charge in [0.2, 0.25) is 5.91 Å². The minimum Gasteiger partial charge on any atom is -0.731 e. The van der Waals surface area contributed by atoms with Gasteiger partial charge >= 0.3 is 0 Å². The lowest BCUT2D eigenvalue weighted by molar-refractivity contribution is -0.123. The van der Waals surface area contributed by atoms with Gasteiger partial charge in [0.15, 0.2) is 10.3 Å². The third-order valence-corrected chi connectivity index (χ3v) is 7.48. The zero-order valence-corrected chi connectivity index (χ0v) is 22.0. The zero-order valence-electron chi connectivity index (χ0n) is 20.3. The molecule has 1 unspecified atom stereocenters. The van der Waals surface area contributed by atoms with Crippen molar-refractivity contribution in [1.29, 1.82) is 0 Å². The Morgan fingerprint density at radius 1 is 0.919 bits per heavy atom. The van der Waals surface area contributed by atoms with Crippen LogP contribution < -0.4 is 10.0 Å². The number of rotatable bonds is 11. The molecule has 0 aliphatic carbocycles. The highest BCUT2D eigenvalue weighted by molar-refractivity contribution is 7.87. The first kappa shape index (κ1) is 26.5. The number of nitrogens with one attached hydrogen (secondary N) is 2. The van der Waals surface area contributed by atoms with Crippen molar-refractivity contribution in [3.8, 4) is 0 Å². The molecule has 1 amide bonds. The van der Waals surface area contributed by atoms with E-state index < -0.39 is 10.3 Å². The summed E-state index contributed by atoms with van der Waals surface area (Å²) in [6.07, 6.45) is 1.81. The molecule has 192 valence electrons. The summed E-state index contributed by atoms with van der Waals surface area (Å²) >= 11 is 1.51. The van der Waals surface area contributed by atoms with E-state index in [2.05, 4.69) is 5.32 Å². The molecule has 1 aromatic heterocycles. The summed E-state index contributed by atoms with van der Waals surface area (Å²) < 4.78 is 34.9. The molecule has 2 atom stereocenters. The van der Waals surface area contributed by atoms with Crippen LogP contribution in [0.3, 0.4) is 0 Å². The maximum Gasteiger partial charge on any atom is 0.228 e. The molecule has 0 spiro atoms. The molecule has 9 heteroatoms. The maximum atomic E-state index is 13.8. The first-order valence-electron chi connectivity index (χ1n) is 12.0. The van der Waals surface area contributed by atoms with Crippen LogP contribution in [0.2, 0.25) is 0 Å². The second kappa shape index (κ2) is 12.1. The molecule has 0 fully saturated rings. The topological polar surface area (TPSA) is 111 Å². The number of benzene rings is 3. The van der Waals surface area contributed by atoms with E-state index in [0.29, 0.717) is 12.8 Å². The molecular weight excluding hydrogens is 506 g/mol. The molecule has 3 aromatic carbocycles. The summed E-state index contributed by atoms with van der Waals surface area (Å²) in [4.78, 5) is 18.5. The van der Waals surface area contributed by atoms with Gasteiger partial charge in [-0.1, -0.05) is 79.7 Å². The number of carbonyl (C=O) groups is 1. The van der Waals surface area contributed by atoms with Gasteiger partial charge in [0.1, 0.15) is 5.01 Å². The highest BCUT2D eigenvalue weighted by atomic mass is 32.2. The minimum atomic E-state index is -4.60. The van der Waals surface area contributed by atoms with Crippen LogP contribution in [-0.4, -0.2) is 23.9 Å². The van der Waals surface area contributed by atoms with Gasteiger partial charge in [0, 0.05) is 11.1 Å². The highest BCUT2D eigenvalue weighted by Gasteiger charge is 2.26. The SMILES string of the molecule is CCc1csc([C@H](Cc2ccc(NS(=O)(=O)[O-])cc2)NC(=O)C(Cc2ccccc2)c2ccccc2)n1. The van der Waals surface area contributed by atoms with Crippen LogP contribution in [0.4, 0.5) is 5.69 Å². The number of hydrogen-bond acceptors (Lipinski definition) is 6. The van der Waals surface area contributed by atoms with Crippen LogP contribution in [0.15, 0.2) is 90.3 Å². The van der Waals surface area contributed by atoms with Crippen molar-refractivity contribution >= 4 is 33.2 Å². The monoisotopic (exact) mass is 534 g/mol. The number of aryl methyl sites for hydroxylation is 1. The molecule has 0 radical (unpaired) electrons. The van der Waals surface area contributed by atoms with Crippen molar-refractivity contribution in [2.24, 2.45) is 0 Å². The quantitative estimate of drug-likeness (QED) is 0.263. The largest absolute Gasteiger partial charge is 0.731 e. The van der Waals surface area contributed by atoms with Gasteiger partial charge in [-0.25, -0.2) is 13.4 Å². The lowest BCUT2D eigenvalue weighted by Crippen LogP contribution is -2.35. The van der Waals surface area contributed by atoms with Crippen LogP contribution in [0.5, 0.6) is 0 Å². The summed E-state index contributed by atoms with van der Waals surface area (Å²) in [6.45, 7) is 2.04. The van der Waals surface area contributed by atoms with E-state index in [1.807, 2.05) is 77.7 Å². The van der Waals surface area contributed by atoms with Crippen molar-refractivity contribution < 1.29 is 17.8 Å². The predicted molar refractivity (Wildman–Crippen MR) is 145 cm³/mol. The lowest BCUT2D eigenvalue weighted by atomic mass is 9.90. The molecule has 37 heavy (non-hydrogen) atoms. The molecule has 4 aromatic rings. The highest BCUT2D eigenvalue weighted by Crippen LogP contribution is 2.27. The van der Waals surface area contributed by atoms with Gasteiger partial charge in [0.05, 0.1) is 17.7 Å². The molecule has 2 N–H and O–H groups in total. The fourth-order valence-electron chi connectivity index (χ4n) is 4.10. The average Bonchev–Trinajstić information content (AvgIpc) is 3.38. The third-order valence-electron chi connectivity index (χ3n) is 5.98. The van der Waals surface area contributed by atoms with Crippen LogP contribution in [0.1, 0.15) is 46.3 Å². The van der Waals surface area contributed by atoms with E-state index in [0.717, 1.165) is 33.8 Å². The Balaban J connectivity index is 1.59. The van der Waals surface area contributed by atoms with Crippen molar-refractivity contribution in [3.05, 3.63) is 118 Å². The molecule has 0 saturated carbocycles. The van der Waals surface area contributed by atoms with E-state index in [4.69, 9.17) is 4.98 Å². The number of nitrogens with zero attached hydrogens (tertiary/aromatic N) is 1.